The molecule has 1 N–H and O–H groups in total. The maximum absolute atomic E-state index is 12.8. The zero-order chi connectivity index (χ0) is 21.1. The molecule has 0 unspecified atom stereocenters. The molecule has 1 atom stereocenters. The van der Waals surface area contributed by atoms with E-state index < -0.39 is 16.9 Å². The van der Waals surface area contributed by atoms with E-state index in [1.54, 1.807) is 12.1 Å². The van der Waals surface area contributed by atoms with Gasteiger partial charge in [0.2, 0.25) is 0 Å². The summed E-state index contributed by atoms with van der Waals surface area (Å²) in [7, 11) is 1.33. The number of rotatable bonds is 5. The molecule has 29 heavy (non-hydrogen) atoms. The summed E-state index contributed by atoms with van der Waals surface area (Å²) < 4.78 is 5.09. The number of ether oxygens (including phenoxy) is 1. The Morgan fingerprint density at radius 3 is 2.31 bits per heavy atom. The number of methoxy groups -OCH3 is 1. The Balaban J connectivity index is 2.19. The zero-order valence-corrected chi connectivity index (χ0v) is 17.1. The smallest absolute Gasteiger partial charge is 0.338 e. The van der Waals surface area contributed by atoms with E-state index in [-0.39, 0.29) is 11.6 Å². The second-order valence-corrected chi connectivity index (χ2v) is 7.23. The highest BCUT2D eigenvalue weighted by Gasteiger charge is 2.38. The Bertz CT molecular complexity index is 971. The first kappa shape index (κ1) is 20.5. The molecule has 0 bridgehead atoms. The van der Waals surface area contributed by atoms with Gasteiger partial charge in [-0.05, 0) is 48.0 Å². The van der Waals surface area contributed by atoms with Crippen LogP contribution in [0.3, 0.4) is 0 Å². The summed E-state index contributed by atoms with van der Waals surface area (Å²) in [5.41, 5.74) is 2.65. The number of carbonyl (C=O) groups is 1. The van der Waals surface area contributed by atoms with Crippen LogP contribution in [0.1, 0.15) is 25.5 Å². The van der Waals surface area contributed by atoms with Gasteiger partial charge in [0.25, 0.3) is 5.69 Å². The van der Waals surface area contributed by atoms with E-state index >= 15 is 0 Å². The van der Waals surface area contributed by atoms with Gasteiger partial charge >= 0.3 is 5.97 Å². The molecule has 150 valence electrons. The number of nitrogens with zero attached hydrogens (tertiary/aromatic N) is 2. The monoisotopic (exact) mass is 411 g/mol. The Hall–Kier alpha value is -3.26. The SMILES string of the molecule is COC(=O)C1=C(C(C)C)N(c2ccccc2)C(=S)N[C@H]1c1ccc([N+](=O)[O-])cc1. The van der Waals surface area contributed by atoms with E-state index in [0.717, 1.165) is 11.4 Å². The van der Waals surface area contributed by atoms with E-state index in [1.807, 2.05) is 49.1 Å². The lowest BCUT2D eigenvalue weighted by Gasteiger charge is -2.40. The van der Waals surface area contributed by atoms with Crippen LogP contribution in [0.15, 0.2) is 65.9 Å². The fraction of sp³-hybridized carbons (Fsp3) is 0.238. The Morgan fingerprint density at radius 2 is 1.79 bits per heavy atom. The summed E-state index contributed by atoms with van der Waals surface area (Å²) >= 11 is 5.65. The molecule has 0 amide bonds. The third-order valence-corrected chi connectivity index (χ3v) is 4.98. The summed E-state index contributed by atoms with van der Waals surface area (Å²) in [6, 6.07) is 15.0. The van der Waals surface area contributed by atoms with Crippen LogP contribution in [0, 0.1) is 16.0 Å². The second kappa shape index (κ2) is 8.40. The molecular formula is C21H21N3O4S. The average Bonchev–Trinajstić information content (AvgIpc) is 2.72. The number of benzene rings is 2. The zero-order valence-electron chi connectivity index (χ0n) is 16.3. The van der Waals surface area contributed by atoms with Crippen LogP contribution in [0.4, 0.5) is 11.4 Å². The fourth-order valence-corrected chi connectivity index (χ4v) is 3.73. The van der Waals surface area contributed by atoms with Crippen molar-refractivity contribution in [2.45, 2.75) is 19.9 Å². The number of hydrogen-bond donors (Lipinski definition) is 1. The van der Waals surface area contributed by atoms with E-state index in [9.17, 15) is 14.9 Å². The summed E-state index contributed by atoms with van der Waals surface area (Å²) in [6.07, 6.45) is 0. The van der Waals surface area contributed by atoms with Gasteiger partial charge in [-0.3, -0.25) is 15.0 Å². The Kier molecular flexibility index (Phi) is 5.93. The fourth-order valence-electron chi connectivity index (χ4n) is 3.41. The van der Waals surface area contributed by atoms with Crippen LogP contribution in [0.5, 0.6) is 0 Å². The lowest BCUT2D eigenvalue weighted by Crippen LogP contribution is -2.49. The highest BCUT2D eigenvalue weighted by molar-refractivity contribution is 7.80. The van der Waals surface area contributed by atoms with Crippen LogP contribution in [-0.4, -0.2) is 23.1 Å². The minimum absolute atomic E-state index is 0.0225. The van der Waals surface area contributed by atoms with E-state index in [0.29, 0.717) is 16.2 Å². The molecule has 1 aliphatic rings. The topological polar surface area (TPSA) is 84.7 Å². The Labute approximate surface area is 174 Å². The number of nitro benzene ring substituents is 1. The number of nitrogens with one attached hydrogen (secondary N) is 1. The summed E-state index contributed by atoms with van der Waals surface area (Å²) in [4.78, 5) is 25.2. The minimum Gasteiger partial charge on any atom is -0.466 e. The van der Waals surface area contributed by atoms with Crippen molar-refractivity contribution < 1.29 is 14.5 Å². The van der Waals surface area contributed by atoms with Gasteiger partial charge < -0.3 is 10.1 Å². The van der Waals surface area contributed by atoms with Gasteiger partial charge in [-0.2, -0.15) is 0 Å². The molecular weight excluding hydrogens is 390 g/mol. The van der Waals surface area contributed by atoms with Gasteiger partial charge in [-0.15, -0.1) is 0 Å². The molecule has 0 fully saturated rings. The first-order chi connectivity index (χ1) is 13.8. The van der Waals surface area contributed by atoms with Gasteiger partial charge in [0.05, 0.1) is 23.6 Å². The number of thiocarbonyl (C=S) groups is 1. The van der Waals surface area contributed by atoms with Gasteiger partial charge in [-0.1, -0.05) is 32.0 Å². The number of esters is 1. The third-order valence-electron chi connectivity index (χ3n) is 4.68. The van der Waals surface area contributed by atoms with Crippen LogP contribution in [-0.2, 0) is 9.53 Å². The highest BCUT2D eigenvalue weighted by Crippen LogP contribution is 2.37. The molecule has 8 heteroatoms. The number of non-ortho nitro benzene ring substituents is 1. The molecule has 0 aromatic heterocycles. The predicted octanol–water partition coefficient (Wildman–Crippen LogP) is 4.11. The minimum atomic E-state index is -0.576. The van der Waals surface area contributed by atoms with Crippen molar-refractivity contribution in [3.63, 3.8) is 0 Å². The molecule has 0 radical (unpaired) electrons. The second-order valence-electron chi connectivity index (χ2n) is 6.85. The van der Waals surface area contributed by atoms with E-state index in [2.05, 4.69) is 5.32 Å². The first-order valence-electron chi connectivity index (χ1n) is 9.07. The number of allylic oxidation sites excluding steroid dienone is 1. The third kappa shape index (κ3) is 3.97. The van der Waals surface area contributed by atoms with Crippen molar-refractivity contribution in [3.8, 4) is 0 Å². The van der Waals surface area contributed by atoms with Crippen molar-refractivity contribution in [2.75, 3.05) is 12.0 Å². The van der Waals surface area contributed by atoms with Crippen molar-refractivity contribution in [1.29, 1.82) is 0 Å². The van der Waals surface area contributed by atoms with Gasteiger partial charge in [-0.25, -0.2) is 4.79 Å². The predicted molar refractivity (Wildman–Crippen MR) is 114 cm³/mol. The quantitative estimate of drug-likeness (QED) is 0.343. The normalized spacial score (nSPS) is 16.6. The molecule has 0 saturated heterocycles. The summed E-state index contributed by atoms with van der Waals surface area (Å²) in [5.74, 6) is -0.516. The van der Waals surface area contributed by atoms with Gasteiger partial charge in [0.1, 0.15) is 0 Å². The van der Waals surface area contributed by atoms with Crippen molar-refractivity contribution in [2.24, 2.45) is 5.92 Å². The standard InChI is InChI=1S/C21H21N3O4S/c1-13(2)19-17(20(25)28-3)18(14-9-11-16(12-10-14)24(26)27)22-21(29)23(19)15-7-5-4-6-8-15/h4-13,18H,1-3H3,(H,22,29)/t18-/m0/s1. The van der Waals surface area contributed by atoms with Crippen molar-refractivity contribution in [3.05, 3.63) is 81.5 Å². The summed E-state index contributed by atoms with van der Waals surface area (Å²) in [6.45, 7) is 3.96. The van der Waals surface area contributed by atoms with E-state index in [1.165, 1.54) is 19.2 Å². The lowest BCUT2D eigenvalue weighted by molar-refractivity contribution is -0.384. The van der Waals surface area contributed by atoms with Gasteiger partial charge in [0.15, 0.2) is 5.11 Å². The van der Waals surface area contributed by atoms with Crippen LogP contribution >= 0.6 is 12.2 Å². The number of anilines is 1. The van der Waals surface area contributed by atoms with Crippen LogP contribution in [0.2, 0.25) is 0 Å². The maximum Gasteiger partial charge on any atom is 0.338 e. The molecule has 2 aromatic rings. The van der Waals surface area contributed by atoms with Crippen molar-refractivity contribution >= 4 is 34.7 Å². The maximum atomic E-state index is 12.8. The number of nitro groups is 1. The lowest BCUT2D eigenvalue weighted by atomic mass is 9.90. The molecule has 7 nitrogen and oxygen atoms in total. The molecule has 0 saturated carbocycles. The molecule has 1 aliphatic heterocycles. The molecule has 2 aromatic carbocycles. The molecule has 0 aliphatic carbocycles. The van der Waals surface area contributed by atoms with E-state index in [4.69, 9.17) is 17.0 Å². The highest BCUT2D eigenvalue weighted by atomic mass is 32.1. The molecule has 1 heterocycles. The van der Waals surface area contributed by atoms with Crippen LogP contribution < -0.4 is 10.2 Å². The number of carbonyl (C=O) groups excluding carboxylic acids is 1. The molecule has 3 rings (SSSR count). The largest absolute Gasteiger partial charge is 0.466 e. The average molecular weight is 411 g/mol. The number of para-hydroxylation sites is 1. The van der Waals surface area contributed by atoms with Crippen molar-refractivity contribution in [1.82, 2.24) is 5.32 Å². The Morgan fingerprint density at radius 1 is 1.17 bits per heavy atom. The van der Waals surface area contributed by atoms with Gasteiger partial charge in [0, 0.05) is 23.5 Å². The summed E-state index contributed by atoms with van der Waals surface area (Å²) in [5, 5.41) is 14.6. The first-order valence-corrected chi connectivity index (χ1v) is 9.48. The number of hydrogen-bond acceptors (Lipinski definition) is 5. The molecule has 0 spiro atoms. The van der Waals surface area contributed by atoms with Crippen LogP contribution in [0.25, 0.3) is 0 Å².